The van der Waals surface area contributed by atoms with Crippen LogP contribution < -0.4 is 21.3 Å². The van der Waals surface area contributed by atoms with Gasteiger partial charge in [-0.3, -0.25) is 4.79 Å². The molecule has 168 valence electrons. The lowest BCUT2D eigenvalue weighted by Crippen LogP contribution is -2.31. The normalized spacial score (nSPS) is 24.6. The average molecular weight is 468 g/mol. The van der Waals surface area contributed by atoms with E-state index in [0.717, 1.165) is 72.1 Å². The number of rotatable bonds is 6. The summed E-state index contributed by atoms with van der Waals surface area (Å²) in [5.74, 6) is 1.73. The van der Waals surface area contributed by atoms with E-state index in [0.29, 0.717) is 12.5 Å². The zero-order valence-corrected chi connectivity index (χ0v) is 19.7. The highest BCUT2D eigenvalue weighted by Crippen LogP contribution is 2.44. The van der Waals surface area contributed by atoms with Crippen molar-refractivity contribution in [1.29, 1.82) is 0 Å². The molecule has 6 rings (SSSR count). The van der Waals surface area contributed by atoms with Gasteiger partial charge in [0.15, 0.2) is 0 Å². The summed E-state index contributed by atoms with van der Waals surface area (Å²) in [4.78, 5) is 19.1. The number of aromatic nitrogens is 1. The first-order valence-corrected chi connectivity index (χ1v) is 13.3. The first kappa shape index (κ1) is 20.7. The van der Waals surface area contributed by atoms with Crippen LogP contribution in [-0.2, 0) is 17.8 Å². The van der Waals surface area contributed by atoms with Crippen LogP contribution in [0.4, 0.5) is 5.00 Å². The predicted octanol–water partition coefficient (Wildman–Crippen LogP) is 3.59. The highest BCUT2D eigenvalue weighted by atomic mass is 32.1. The summed E-state index contributed by atoms with van der Waals surface area (Å²) in [6, 6.07) is 8.84. The van der Waals surface area contributed by atoms with Crippen molar-refractivity contribution in [3.05, 3.63) is 34.7 Å². The molecule has 4 heterocycles. The van der Waals surface area contributed by atoms with Crippen molar-refractivity contribution >= 4 is 43.8 Å². The second-order valence-corrected chi connectivity index (χ2v) is 11.4. The van der Waals surface area contributed by atoms with Crippen molar-refractivity contribution in [1.82, 2.24) is 20.9 Å². The number of hydrogen-bond acceptors (Lipinski definition) is 7. The standard InChI is InChI=1S/C24H29N5OS2/c30-21(6-8-27-16-9-14-11-26-12-15(14)10-16)29-24-22(17-5-7-25-13-20(17)32-24)23-28-18-3-1-2-4-19(18)31-23/h1-4,14-16,25-27H,5-13H2,(H,29,30)/t14-,15+,16-. The molecule has 3 aromatic rings. The van der Waals surface area contributed by atoms with Crippen LogP contribution in [0, 0.1) is 11.8 Å². The summed E-state index contributed by atoms with van der Waals surface area (Å²) in [6.07, 6.45) is 3.97. The molecule has 1 saturated heterocycles. The molecular formula is C24H29N5OS2. The Morgan fingerprint density at radius 2 is 1.97 bits per heavy atom. The van der Waals surface area contributed by atoms with Gasteiger partial charge < -0.3 is 21.3 Å². The fourth-order valence-electron chi connectivity index (χ4n) is 5.54. The van der Waals surface area contributed by atoms with Crippen LogP contribution in [0.1, 0.15) is 29.7 Å². The molecule has 2 aliphatic heterocycles. The largest absolute Gasteiger partial charge is 0.317 e. The van der Waals surface area contributed by atoms with Crippen molar-refractivity contribution in [3.8, 4) is 10.6 Å². The van der Waals surface area contributed by atoms with E-state index in [1.807, 2.05) is 6.07 Å². The van der Waals surface area contributed by atoms with Gasteiger partial charge in [0.1, 0.15) is 10.0 Å². The smallest absolute Gasteiger partial charge is 0.226 e. The van der Waals surface area contributed by atoms with Crippen LogP contribution in [0.2, 0.25) is 0 Å². The molecule has 3 atom stereocenters. The quantitative estimate of drug-likeness (QED) is 0.446. The van der Waals surface area contributed by atoms with E-state index >= 15 is 0 Å². The molecule has 0 bridgehead atoms. The molecule has 4 N–H and O–H groups in total. The van der Waals surface area contributed by atoms with Gasteiger partial charge in [0.05, 0.1) is 10.2 Å². The number of fused-ring (bicyclic) bond motifs is 3. The number of anilines is 1. The van der Waals surface area contributed by atoms with Gasteiger partial charge in [0, 0.05) is 36.0 Å². The molecule has 1 amide bonds. The number of thiophene rings is 1. The van der Waals surface area contributed by atoms with Gasteiger partial charge in [0.25, 0.3) is 0 Å². The number of para-hydroxylation sites is 1. The molecule has 1 aliphatic carbocycles. The monoisotopic (exact) mass is 467 g/mol. The van der Waals surface area contributed by atoms with Crippen molar-refractivity contribution in [2.24, 2.45) is 11.8 Å². The third kappa shape index (κ3) is 3.99. The molecule has 6 nitrogen and oxygen atoms in total. The number of nitrogens with one attached hydrogen (secondary N) is 4. The Hall–Kier alpha value is -1.84. The van der Waals surface area contributed by atoms with E-state index in [2.05, 4.69) is 39.5 Å². The summed E-state index contributed by atoms with van der Waals surface area (Å²) in [7, 11) is 0. The van der Waals surface area contributed by atoms with Crippen LogP contribution in [0.15, 0.2) is 24.3 Å². The molecule has 0 unspecified atom stereocenters. The lowest BCUT2D eigenvalue weighted by Gasteiger charge is -2.14. The number of carbonyl (C=O) groups is 1. The van der Waals surface area contributed by atoms with Gasteiger partial charge in [-0.05, 0) is 68.4 Å². The summed E-state index contributed by atoms with van der Waals surface area (Å²) in [5, 5.41) is 15.8. The minimum absolute atomic E-state index is 0.0891. The van der Waals surface area contributed by atoms with Gasteiger partial charge in [-0.2, -0.15) is 0 Å². The third-order valence-electron chi connectivity index (χ3n) is 7.13. The zero-order chi connectivity index (χ0) is 21.5. The Morgan fingerprint density at radius 1 is 1.12 bits per heavy atom. The maximum Gasteiger partial charge on any atom is 0.226 e. The van der Waals surface area contributed by atoms with Gasteiger partial charge in [-0.15, -0.1) is 22.7 Å². The molecular weight excluding hydrogens is 438 g/mol. The Labute approximate surface area is 196 Å². The van der Waals surface area contributed by atoms with Crippen LogP contribution >= 0.6 is 22.7 Å². The highest BCUT2D eigenvalue weighted by molar-refractivity contribution is 7.22. The Morgan fingerprint density at radius 3 is 2.81 bits per heavy atom. The van der Waals surface area contributed by atoms with Crippen LogP contribution in [0.5, 0.6) is 0 Å². The number of thiazole rings is 1. The zero-order valence-electron chi connectivity index (χ0n) is 18.1. The van der Waals surface area contributed by atoms with E-state index in [9.17, 15) is 4.79 Å². The molecule has 0 spiro atoms. The average Bonchev–Trinajstić information content (AvgIpc) is 3.54. The van der Waals surface area contributed by atoms with E-state index in [-0.39, 0.29) is 5.91 Å². The maximum atomic E-state index is 12.9. The van der Waals surface area contributed by atoms with Crippen LogP contribution in [0.3, 0.4) is 0 Å². The molecule has 8 heteroatoms. The SMILES string of the molecule is O=C(CCN[C@H]1C[C@H]2CNC[C@H]2C1)Nc1sc2c(c1-c1nc3ccccc3s1)CCNC2. The topological polar surface area (TPSA) is 78.1 Å². The predicted molar refractivity (Wildman–Crippen MR) is 132 cm³/mol. The summed E-state index contributed by atoms with van der Waals surface area (Å²) >= 11 is 3.43. The number of benzene rings is 1. The number of nitrogens with zero attached hydrogens (tertiary/aromatic N) is 1. The van der Waals surface area contributed by atoms with Crippen molar-refractivity contribution in [2.45, 2.75) is 38.3 Å². The summed E-state index contributed by atoms with van der Waals surface area (Å²) < 4.78 is 1.19. The minimum atomic E-state index is 0.0891. The van der Waals surface area contributed by atoms with Crippen LogP contribution in [0.25, 0.3) is 20.8 Å². The summed E-state index contributed by atoms with van der Waals surface area (Å²) in [5.41, 5.74) is 3.52. The second-order valence-electron chi connectivity index (χ2n) is 9.22. The molecule has 0 radical (unpaired) electrons. The van der Waals surface area contributed by atoms with Gasteiger partial charge in [0.2, 0.25) is 5.91 Å². The Balaban J connectivity index is 1.16. The third-order valence-corrected chi connectivity index (χ3v) is 9.33. The van der Waals surface area contributed by atoms with E-state index in [4.69, 9.17) is 4.98 Å². The van der Waals surface area contributed by atoms with E-state index < -0.39 is 0 Å². The molecule has 1 aromatic carbocycles. The first-order chi connectivity index (χ1) is 15.7. The number of amides is 1. The highest BCUT2D eigenvalue weighted by Gasteiger charge is 2.36. The Bertz CT molecular complexity index is 1090. The van der Waals surface area contributed by atoms with Gasteiger partial charge >= 0.3 is 0 Å². The fraction of sp³-hybridized carbons (Fsp3) is 0.500. The molecule has 2 fully saturated rings. The van der Waals surface area contributed by atoms with Crippen molar-refractivity contribution in [2.75, 3.05) is 31.5 Å². The van der Waals surface area contributed by atoms with Gasteiger partial charge in [-0.1, -0.05) is 12.1 Å². The molecule has 2 aromatic heterocycles. The minimum Gasteiger partial charge on any atom is -0.317 e. The van der Waals surface area contributed by atoms with Crippen molar-refractivity contribution < 1.29 is 4.79 Å². The molecule has 3 aliphatic rings. The second kappa shape index (κ2) is 8.83. The lowest BCUT2D eigenvalue weighted by molar-refractivity contribution is -0.116. The van der Waals surface area contributed by atoms with E-state index in [1.165, 1.54) is 28.0 Å². The first-order valence-electron chi connectivity index (χ1n) is 11.7. The van der Waals surface area contributed by atoms with Gasteiger partial charge in [-0.25, -0.2) is 4.98 Å². The molecule has 1 saturated carbocycles. The fourth-order valence-corrected chi connectivity index (χ4v) is 7.88. The van der Waals surface area contributed by atoms with Crippen molar-refractivity contribution in [3.63, 3.8) is 0 Å². The summed E-state index contributed by atoms with van der Waals surface area (Å²) in [6.45, 7) is 4.91. The Kier molecular flexibility index (Phi) is 5.73. The number of hydrogen-bond donors (Lipinski definition) is 4. The molecule has 32 heavy (non-hydrogen) atoms. The van der Waals surface area contributed by atoms with E-state index in [1.54, 1.807) is 22.7 Å². The number of carbonyl (C=O) groups excluding carboxylic acids is 1. The maximum absolute atomic E-state index is 12.9. The van der Waals surface area contributed by atoms with Crippen LogP contribution in [-0.4, -0.2) is 43.1 Å². The lowest BCUT2D eigenvalue weighted by atomic mass is 10.0.